The van der Waals surface area contributed by atoms with Crippen molar-refractivity contribution < 1.29 is 9.31 Å². The summed E-state index contributed by atoms with van der Waals surface area (Å²) in [4.78, 5) is 0. The van der Waals surface area contributed by atoms with Crippen LogP contribution in [-0.4, -0.2) is 18.3 Å². The number of benzene rings is 4. The van der Waals surface area contributed by atoms with Crippen LogP contribution in [0, 0.1) is 6.92 Å². The molecule has 5 rings (SSSR count). The lowest BCUT2D eigenvalue weighted by Gasteiger charge is -2.32. The molecule has 3 heteroatoms. The van der Waals surface area contributed by atoms with Crippen LogP contribution in [0.15, 0.2) is 48.5 Å². The zero-order valence-corrected chi connectivity index (χ0v) is 16.0. The molecule has 2 nitrogen and oxygen atoms in total. The zero-order chi connectivity index (χ0) is 18.3. The zero-order valence-electron chi connectivity index (χ0n) is 16.0. The van der Waals surface area contributed by atoms with Crippen LogP contribution in [0.3, 0.4) is 0 Å². The van der Waals surface area contributed by atoms with E-state index < -0.39 is 0 Å². The van der Waals surface area contributed by atoms with E-state index in [1.165, 1.54) is 37.9 Å². The standard InChI is InChI=1S/C23H23BO2/c1-14-6-7-15-8-9-16-12-18(24-25-22(2,3)23(4,5)26-24)13-17-10-11-19(14)21(15)20(16)17/h6-13H,1-5H3. The molecule has 4 aromatic carbocycles. The first-order chi connectivity index (χ1) is 12.3. The van der Waals surface area contributed by atoms with Gasteiger partial charge in [-0.3, -0.25) is 0 Å². The summed E-state index contributed by atoms with van der Waals surface area (Å²) in [5.74, 6) is 0. The average molecular weight is 342 g/mol. The van der Waals surface area contributed by atoms with E-state index in [1.54, 1.807) is 0 Å². The van der Waals surface area contributed by atoms with Crippen LogP contribution in [0.2, 0.25) is 0 Å². The average Bonchev–Trinajstić information content (AvgIpc) is 2.81. The molecule has 0 aliphatic carbocycles. The van der Waals surface area contributed by atoms with Gasteiger partial charge in [0.25, 0.3) is 0 Å². The molecule has 0 spiro atoms. The van der Waals surface area contributed by atoms with Crippen LogP contribution in [0.25, 0.3) is 32.3 Å². The van der Waals surface area contributed by atoms with Gasteiger partial charge in [-0.25, -0.2) is 0 Å². The Bertz CT molecular complexity index is 1120. The Labute approximate surface area is 154 Å². The van der Waals surface area contributed by atoms with Gasteiger partial charge in [0.1, 0.15) is 0 Å². The van der Waals surface area contributed by atoms with Crippen LogP contribution >= 0.6 is 0 Å². The molecular weight excluding hydrogens is 319 g/mol. The van der Waals surface area contributed by atoms with Crippen molar-refractivity contribution in [1.82, 2.24) is 0 Å². The molecule has 0 aromatic heterocycles. The van der Waals surface area contributed by atoms with Crippen molar-refractivity contribution in [2.45, 2.75) is 45.8 Å². The van der Waals surface area contributed by atoms with Crippen molar-refractivity contribution in [2.24, 2.45) is 0 Å². The number of aryl methyl sites for hydroxylation is 1. The fraction of sp³-hybridized carbons (Fsp3) is 0.304. The molecule has 0 saturated carbocycles. The van der Waals surface area contributed by atoms with Crippen molar-refractivity contribution in [3.8, 4) is 0 Å². The molecule has 0 bridgehead atoms. The van der Waals surface area contributed by atoms with E-state index in [0.29, 0.717) is 0 Å². The highest BCUT2D eigenvalue weighted by Crippen LogP contribution is 2.38. The highest BCUT2D eigenvalue weighted by Gasteiger charge is 2.51. The van der Waals surface area contributed by atoms with E-state index in [2.05, 4.69) is 83.1 Å². The smallest absolute Gasteiger partial charge is 0.399 e. The first kappa shape index (κ1) is 16.1. The first-order valence-corrected chi connectivity index (χ1v) is 9.31. The molecule has 1 aliphatic rings. The van der Waals surface area contributed by atoms with Crippen LogP contribution < -0.4 is 5.46 Å². The SMILES string of the molecule is Cc1ccc2ccc3cc(B4OC(C)(C)C(C)(C)O4)cc4ccc1c2c34. The van der Waals surface area contributed by atoms with Crippen LogP contribution in [-0.2, 0) is 9.31 Å². The summed E-state index contributed by atoms with van der Waals surface area (Å²) in [5, 5.41) is 7.83. The fourth-order valence-corrected chi connectivity index (χ4v) is 4.10. The van der Waals surface area contributed by atoms with Crippen molar-refractivity contribution in [1.29, 1.82) is 0 Å². The van der Waals surface area contributed by atoms with E-state index in [0.717, 1.165) is 5.46 Å². The minimum atomic E-state index is -0.330. The summed E-state index contributed by atoms with van der Waals surface area (Å²) in [6.45, 7) is 10.6. The van der Waals surface area contributed by atoms with Gasteiger partial charge in [-0.15, -0.1) is 0 Å². The molecule has 0 radical (unpaired) electrons. The van der Waals surface area contributed by atoms with Crippen LogP contribution in [0.5, 0.6) is 0 Å². The number of hydrogen-bond acceptors (Lipinski definition) is 2. The van der Waals surface area contributed by atoms with Gasteiger partial charge >= 0.3 is 7.12 Å². The van der Waals surface area contributed by atoms with E-state index in [1.807, 2.05) is 0 Å². The van der Waals surface area contributed by atoms with Gasteiger partial charge < -0.3 is 9.31 Å². The van der Waals surface area contributed by atoms with Crippen molar-refractivity contribution in [2.75, 3.05) is 0 Å². The molecule has 1 aliphatic heterocycles. The van der Waals surface area contributed by atoms with E-state index in [-0.39, 0.29) is 18.3 Å². The Kier molecular flexibility index (Phi) is 3.09. The number of hydrogen-bond donors (Lipinski definition) is 0. The van der Waals surface area contributed by atoms with Crippen molar-refractivity contribution in [3.63, 3.8) is 0 Å². The lowest BCUT2D eigenvalue weighted by atomic mass is 9.76. The van der Waals surface area contributed by atoms with Crippen LogP contribution in [0.1, 0.15) is 33.3 Å². The third-order valence-corrected chi connectivity index (χ3v) is 6.36. The predicted molar refractivity (Wildman–Crippen MR) is 111 cm³/mol. The molecule has 130 valence electrons. The minimum absolute atomic E-state index is 0.326. The summed E-state index contributed by atoms with van der Waals surface area (Å²) in [6, 6.07) is 17.8. The molecule has 1 saturated heterocycles. The van der Waals surface area contributed by atoms with Gasteiger partial charge in [-0.05, 0) is 78.0 Å². The largest absolute Gasteiger partial charge is 0.494 e. The fourth-order valence-electron chi connectivity index (χ4n) is 4.10. The molecule has 0 amide bonds. The summed E-state index contributed by atoms with van der Waals surface area (Å²) in [5.41, 5.74) is 1.76. The first-order valence-electron chi connectivity index (χ1n) is 9.31. The van der Waals surface area contributed by atoms with Gasteiger partial charge in [0.2, 0.25) is 0 Å². The predicted octanol–water partition coefficient (Wildman–Crippen LogP) is 5.19. The minimum Gasteiger partial charge on any atom is -0.399 e. The lowest BCUT2D eigenvalue weighted by Crippen LogP contribution is -2.41. The summed E-state index contributed by atoms with van der Waals surface area (Å²) in [6.07, 6.45) is 0. The van der Waals surface area contributed by atoms with Crippen LogP contribution in [0.4, 0.5) is 0 Å². The maximum atomic E-state index is 6.27. The van der Waals surface area contributed by atoms with Gasteiger partial charge in [0.15, 0.2) is 0 Å². The Hall–Kier alpha value is -2.10. The topological polar surface area (TPSA) is 18.5 Å². The second kappa shape index (κ2) is 5.00. The lowest BCUT2D eigenvalue weighted by molar-refractivity contribution is 0.00578. The van der Waals surface area contributed by atoms with Gasteiger partial charge in [0.05, 0.1) is 11.2 Å². The Morgan fingerprint density at radius 3 is 1.88 bits per heavy atom. The highest BCUT2D eigenvalue weighted by atomic mass is 16.7. The van der Waals surface area contributed by atoms with Gasteiger partial charge in [-0.2, -0.15) is 0 Å². The van der Waals surface area contributed by atoms with Gasteiger partial charge in [-0.1, -0.05) is 48.5 Å². The summed E-state index contributed by atoms with van der Waals surface area (Å²) < 4.78 is 12.5. The molecule has 4 aromatic rings. The second-order valence-electron chi connectivity index (χ2n) is 8.59. The molecular formula is C23H23BO2. The third-order valence-electron chi connectivity index (χ3n) is 6.36. The van der Waals surface area contributed by atoms with E-state index in [9.17, 15) is 0 Å². The molecule has 26 heavy (non-hydrogen) atoms. The summed E-state index contributed by atoms with van der Waals surface area (Å²) in [7, 11) is -0.330. The summed E-state index contributed by atoms with van der Waals surface area (Å²) >= 11 is 0. The molecule has 1 fully saturated rings. The molecule has 0 N–H and O–H groups in total. The Balaban J connectivity index is 1.75. The normalized spacial score (nSPS) is 19.2. The van der Waals surface area contributed by atoms with Crippen molar-refractivity contribution >= 4 is 44.9 Å². The maximum absolute atomic E-state index is 6.27. The highest BCUT2D eigenvalue weighted by molar-refractivity contribution is 6.62. The third kappa shape index (κ3) is 2.08. The maximum Gasteiger partial charge on any atom is 0.494 e. The molecule has 0 unspecified atom stereocenters. The second-order valence-corrected chi connectivity index (χ2v) is 8.59. The Morgan fingerprint density at radius 1 is 0.692 bits per heavy atom. The van der Waals surface area contributed by atoms with E-state index >= 15 is 0 Å². The monoisotopic (exact) mass is 342 g/mol. The molecule has 1 heterocycles. The van der Waals surface area contributed by atoms with Gasteiger partial charge in [0, 0.05) is 0 Å². The van der Waals surface area contributed by atoms with Crippen molar-refractivity contribution in [3.05, 3.63) is 54.1 Å². The molecule has 0 atom stereocenters. The Morgan fingerprint density at radius 2 is 1.23 bits per heavy atom. The van der Waals surface area contributed by atoms with E-state index in [4.69, 9.17) is 9.31 Å². The number of rotatable bonds is 1. The quantitative estimate of drug-likeness (QED) is 0.350.